The molecule has 0 aromatic heterocycles. The Labute approximate surface area is 95.8 Å². The van der Waals surface area contributed by atoms with Crippen LogP contribution < -0.4 is 0 Å². The van der Waals surface area contributed by atoms with Crippen LogP contribution in [0.3, 0.4) is 0 Å². The van der Waals surface area contributed by atoms with Crippen molar-refractivity contribution >= 4 is 29.2 Å². The van der Waals surface area contributed by atoms with Crippen LogP contribution in [0.25, 0.3) is 0 Å². The van der Waals surface area contributed by atoms with Crippen LogP contribution in [-0.2, 0) is 9.47 Å². The molecule has 0 bridgehead atoms. The third-order valence-electron chi connectivity index (χ3n) is 2.39. The molecule has 2 nitrogen and oxygen atoms in total. The fourth-order valence-electron chi connectivity index (χ4n) is 1.75. The number of hydrogen-bond donors (Lipinski definition) is 1. The van der Waals surface area contributed by atoms with Gasteiger partial charge in [-0.15, -0.1) is 6.42 Å². The summed E-state index contributed by atoms with van der Waals surface area (Å²) in [6.45, 7) is 0.976. The Balaban J connectivity index is 2.28. The molecule has 14 heavy (non-hydrogen) atoms. The maximum Gasteiger partial charge on any atom is 0.216 e. The van der Waals surface area contributed by atoms with Gasteiger partial charge in [0.25, 0.3) is 0 Å². The summed E-state index contributed by atoms with van der Waals surface area (Å²) in [5, 5.41) is 0. The molecule has 0 aromatic rings. The summed E-state index contributed by atoms with van der Waals surface area (Å²) < 4.78 is 11.0. The SMILES string of the molecule is C#CCO[C@H]1CCC[C@H]1COC(=S)S. The molecule has 0 aliphatic heterocycles. The van der Waals surface area contributed by atoms with Crippen molar-refractivity contribution < 1.29 is 9.47 Å². The molecule has 1 aliphatic carbocycles. The summed E-state index contributed by atoms with van der Waals surface area (Å²) >= 11 is 8.63. The van der Waals surface area contributed by atoms with Gasteiger partial charge in [0.05, 0.1) is 12.7 Å². The van der Waals surface area contributed by atoms with Crippen molar-refractivity contribution in [3.63, 3.8) is 0 Å². The van der Waals surface area contributed by atoms with E-state index in [1.54, 1.807) is 0 Å². The first kappa shape index (κ1) is 11.8. The maximum atomic E-state index is 5.51. The van der Waals surface area contributed by atoms with Crippen LogP contribution in [0, 0.1) is 18.3 Å². The van der Waals surface area contributed by atoms with Gasteiger partial charge in [-0.3, -0.25) is 0 Å². The van der Waals surface area contributed by atoms with Crippen LogP contribution in [0.1, 0.15) is 19.3 Å². The Hall–Kier alpha value is -0.240. The van der Waals surface area contributed by atoms with E-state index in [2.05, 4.69) is 18.5 Å². The Morgan fingerprint density at radius 2 is 2.36 bits per heavy atom. The van der Waals surface area contributed by atoms with Gasteiger partial charge in [-0.05, 0) is 25.1 Å². The minimum absolute atomic E-state index is 0.230. The summed E-state index contributed by atoms with van der Waals surface area (Å²) in [6, 6.07) is 0. The minimum Gasteiger partial charge on any atom is -0.478 e. The Morgan fingerprint density at radius 3 is 3.00 bits per heavy atom. The van der Waals surface area contributed by atoms with E-state index in [9.17, 15) is 0 Å². The molecular formula is C10H14O2S2. The number of thiol groups is 1. The van der Waals surface area contributed by atoms with Crippen LogP contribution in [-0.4, -0.2) is 23.7 Å². The molecule has 78 valence electrons. The van der Waals surface area contributed by atoms with Gasteiger partial charge < -0.3 is 9.47 Å². The summed E-state index contributed by atoms with van der Waals surface area (Å²) in [7, 11) is 0. The van der Waals surface area contributed by atoms with E-state index in [1.807, 2.05) is 0 Å². The van der Waals surface area contributed by atoms with Crippen LogP contribution in [0.15, 0.2) is 0 Å². The lowest BCUT2D eigenvalue weighted by Gasteiger charge is -2.18. The summed E-state index contributed by atoms with van der Waals surface area (Å²) in [4.78, 5) is 0. The van der Waals surface area contributed by atoms with E-state index in [-0.39, 0.29) is 6.10 Å². The van der Waals surface area contributed by atoms with Crippen LogP contribution in [0.4, 0.5) is 0 Å². The quantitative estimate of drug-likeness (QED) is 0.453. The van der Waals surface area contributed by atoms with Crippen LogP contribution in [0.5, 0.6) is 0 Å². The predicted octanol–water partition coefficient (Wildman–Crippen LogP) is 2.04. The van der Waals surface area contributed by atoms with Crippen molar-refractivity contribution in [3.05, 3.63) is 0 Å². The van der Waals surface area contributed by atoms with Gasteiger partial charge in [0, 0.05) is 5.92 Å². The van der Waals surface area contributed by atoms with Gasteiger partial charge in [0.1, 0.15) is 6.61 Å². The van der Waals surface area contributed by atoms with Gasteiger partial charge in [0.2, 0.25) is 4.38 Å². The molecule has 0 heterocycles. The van der Waals surface area contributed by atoms with Gasteiger partial charge >= 0.3 is 0 Å². The predicted molar refractivity (Wildman–Crippen MR) is 63.5 cm³/mol. The van der Waals surface area contributed by atoms with E-state index < -0.39 is 0 Å². The Bertz CT molecular complexity index is 235. The highest BCUT2D eigenvalue weighted by Crippen LogP contribution is 2.28. The molecule has 1 fully saturated rings. The van der Waals surface area contributed by atoms with Crippen molar-refractivity contribution in [1.29, 1.82) is 0 Å². The molecule has 0 spiro atoms. The van der Waals surface area contributed by atoms with Gasteiger partial charge in [-0.25, -0.2) is 0 Å². The largest absolute Gasteiger partial charge is 0.478 e. The Kier molecular flexibility index (Phi) is 5.31. The standard InChI is InChI=1S/C10H14O2S2/c1-2-6-11-9-5-3-4-8(9)7-12-10(13)14/h1,8-9H,3-7H2,(H,13,14)/t8-,9-/m0/s1. The van der Waals surface area contributed by atoms with E-state index >= 15 is 0 Å². The smallest absolute Gasteiger partial charge is 0.216 e. The second-order valence-electron chi connectivity index (χ2n) is 3.32. The number of rotatable bonds is 4. The molecule has 1 rings (SSSR count). The molecule has 4 heteroatoms. The molecule has 0 N–H and O–H groups in total. The topological polar surface area (TPSA) is 18.5 Å². The first-order valence-corrected chi connectivity index (χ1v) is 5.50. The van der Waals surface area contributed by atoms with E-state index in [1.165, 1.54) is 6.42 Å². The zero-order valence-corrected chi connectivity index (χ0v) is 9.65. The van der Waals surface area contributed by atoms with E-state index in [4.69, 9.17) is 28.1 Å². The fourth-order valence-corrected chi connectivity index (χ4v) is 1.89. The number of terminal acetylenes is 1. The third kappa shape index (κ3) is 3.87. The number of thiocarbonyl (C=S) groups is 1. The van der Waals surface area contributed by atoms with Crippen molar-refractivity contribution in [2.24, 2.45) is 5.92 Å². The van der Waals surface area contributed by atoms with Gasteiger partial charge in [-0.1, -0.05) is 25.0 Å². The van der Waals surface area contributed by atoms with Gasteiger partial charge in [0.15, 0.2) is 0 Å². The highest BCUT2D eigenvalue weighted by atomic mass is 32.1. The lowest BCUT2D eigenvalue weighted by molar-refractivity contribution is 0.0321. The molecular weight excluding hydrogens is 216 g/mol. The minimum atomic E-state index is 0.230. The average molecular weight is 230 g/mol. The number of hydrogen-bond acceptors (Lipinski definition) is 3. The lowest BCUT2D eigenvalue weighted by Crippen LogP contribution is -2.23. The van der Waals surface area contributed by atoms with Crippen molar-refractivity contribution in [2.45, 2.75) is 25.4 Å². The fraction of sp³-hybridized carbons (Fsp3) is 0.700. The van der Waals surface area contributed by atoms with E-state index in [0.717, 1.165) is 12.8 Å². The lowest BCUT2D eigenvalue weighted by atomic mass is 10.1. The molecule has 0 aromatic carbocycles. The molecule has 0 saturated heterocycles. The molecule has 1 aliphatic rings. The van der Waals surface area contributed by atoms with Crippen molar-refractivity contribution in [2.75, 3.05) is 13.2 Å². The van der Waals surface area contributed by atoms with Crippen molar-refractivity contribution in [1.82, 2.24) is 0 Å². The summed E-state index contributed by atoms with van der Waals surface area (Å²) in [5.41, 5.74) is 0. The summed E-state index contributed by atoms with van der Waals surface area (Å²) in [5.74, 6) is 2.89. The molecule has 2 atom stereocenters. The molecule has 0 radical (unpaired) electrons. The molecule has 0 amide bonds. The monoisotopic (exact) mass is 230 g/mol. The first-order valence-electron chi connectivity index (χ1n) is 4.65. The summed E-state index contributed by atoms with van der Waals surface area (Å²) in [6.07, 6.45) is 8.72. The van der Waals surface area contributed by atoms with Crippen molar-refractivity contribution in [3.8, 4) is 12.3 Å². The Morgan fingerprint density at radius 1 is 1.57 bits per heavy atom. The zero-order valence-electron chi connectivity index (χ0n) is 7.94. The van der Waals surface area contributed by atoms with Crippen LogP contribution >= 0.6 is 24.8 Å². The van der Waals surface area contributed by atoms with Gasteiger partial charge in [-0.2, -0.15) is 0 Å². The first-order chi connectivity index (χ1) is 6.74. The highest BCUT2D eigenvalue weighted by molar-refractivity contribution is 8.10. The van der Waals surface area contributed by atoms with E-state index in [0.29, 0.717) is 23.5 Å². The molecule has 1 saturated carbocycles. The molecule has 0 unspecified atom stereocenters. The third-order valence-corrected chi connectivity index (χ3v) is 2.64. The van der Waals surface area contributed by atoms with Crippen LogP contribution in [0.2, 0.25) is 0 Å². The maximum absolute atomic E-state index is 5.51. The second kappa shape index (κ2) is 6.28. The highest BCUT2D eigenvalue weighted by Gasteiger charge is 2.28. The zero-order chi connectivity index (χ0) is 10.4. The second-order valence-corrected chi connectivity index (χ2v) is 4.40. The number of ether oxygens (including phenoxy) is 2. The normalized spacial score (nSPS) is 25.7. The average Bonchev–Trinajstić information content (AvgIpc) is 2.58.